The summed E-state index contributed by atoms with van der Waals surface area (Å²) in [6.07, 6.45) is 5.29. The largest absolute Gasteiger partial charge is 0.466 e. The Morgan fingerprint density at radius 2 is 1.95 bits per heavy atom. The van der Waals surface area contributed by atoms with Crippen LogP contribution in [0.15, 0.2) is 0 Å². The second-order valence-electron chi connectivity index (χ2n) is 6.26. The normalized spacial score (nSPS) is 27.4. The van der Waals surface area contributed by atoms with Gasteiger partial charge in [-0.15, -0.1) is 0 Å². The average Bonchev–Trinajstić information content (AvgIpc) is 2.48. The van der Waals surface area contributed by atoms with E-state index in [2.05, 4.69) is 11.8 Å². The van der Waals surface area contributed by atoms with Crippen LogP contribution in [0.25, 0.3) is 0 Å². The lowest BCUT2D eigenvalue weighted by Gasteiger charge is -2.37. The van der Waals surface area contributed by atoms with Crippen molar-refractivity contribution in [3.05, 3.63) is 0 Å². The number of carbonyl (C=O) groups is 2. The second-order valence-corrected chi connectivity index (χ2v) is 6.26. The van der Waals surface area contributed by atoms with Gasteiger partial charge in [-0.25, -0.2) is 0 Å². The average molecular weight is 296 g/mol. The number of likely N-dealkylation sites (tertiary alicyclic amines) is 2. The first-order valence-corrected chi connectivity index (χ1v) is 8.30. The van der Waals surface area contributed by atoms with E-state index in [0.29, 0.717) is 25.7 Å². The summed E-state index contributed by atoms with van der Waals surface area (Å²) in [6, 6.07) is 0.358. The minimum Gasteiger partial charge on any atom is -0.466 e. The molecule has 0 aromatic carbocycles. The minimum atomic E-state index is -0.110. The van der Waals surface area contributed by atoms with Crippen LogP contribution in [-0.2, 0) is 14.3 Å². The standard InChI is InChI=1S/C16H28N2O3/c1-3-21-16(20)14-8-6-9-17(11-14)12-15(19)18-10-5-4-7-13(18)2/h13-14H,3-12H2,1-2H3. The fourth-order valence-corrected chi connectivity index (χ4v) is 3.40. The predicted molar refractivity (Wildman–Crippen MR) is 80.8 cm³/mol. The molecule has 0 bridgehead atoms. The molecule has 0 spiro atoms. The predicted octanol–water partition coefficient (Wildman–Crippen LogP) is 1.66. The van der Waals surface area contributed by atoms with E-state index in [0.717, 1.165) is 38.8 Å². The van der Waals surface area contributed by atoms with E-state index in [1.165, 1.54) is 6.42 Å². The van der Waals surface area contributed by atoms with Crippen molar-refractivity contribution in [2.45, 2.75) is 52.0 Å². The van der Waals surface area contributed by atoms with Gasteiger partial charge in [-0.3, -0.25) is 14.5 Å². The Bertz CT molecular complexity index is 373. The highest BCUT2D eigenvalue weighted by molar-refractivity contribution is 5.79. The quantitative estimate of drug-likeness (QED) is 0.740. The van der Waals surface area contributed by atoms with Gasteiger partial charge in [0.05, 0.1) is 19.1 Å². The lowest BCUT2D eigenvalue weighted by molar-refractivity contribution is -0.151. The number of amides is 1. The van der Waals surface area contributed by atoms with Crippen molar-refractivity contribution in [2.24, 2.45) is 5.92 Å². The summed E-state index contributed by atoms with van der Waals surface area (Å²) in [5.74, 6) is 0.0398. The van der Waals surface area contributed by atoms with Crippen LogP contribution in [-0.4, -0.2) is 60.5 Å². The van der Waals surface area contributed by atoms with Crippen molar-refractivity contribution in [2.75, 3.05) is 32.8 Å². The molecule has 2 saturated heterocycles. The molecule has 0 N–H and O–H groups in total. The third kappa shape index (κ3) is 4.43. The highest BCUT2D eigenvalue weighted by atomic mass is 16.5. The Balaban J connectivity index is 1.84. The fourth-order valence-electron chi connectivity index (χ4n) is 3.40. The van der Waals surface area contributed by atoms with Gasteiger partial charge in [0.15, 0.2) is 0 Å². The van der Waals surface area contributed by atoms with Gasteiger partial charge in [0.25, 0.3) is 0 Å². The van der Waals surface area contributed by atoms with Gasteiger partial charge in [-0.05, 0) is 52.5 Å². The lowest BCUT2D eigenvalue weighted by atomic mass is 9.98. The molecule has 0 aliphatic carbocycles. The summed E-state index contributed by atoms with van der Waals surface area (Å²) in [4.78, 5) is 28.4. The van der Waals surface area contributed by atoms with E-state index >= 15 is 0 Å². The zero-order valence-corrected chi connectivity index (χ0v) is 13.3. The van der Waals surface area contributed by atoms with E-state index in [9.17, 15) is 9.59 Å². The first-order chi connectivity index (χ1) is 10.1. The summed E-state index contributed by atoms with van der Waals surface area (Å²) < 4.78 is 5.11. The van der Waals surface area contributed by atoms with Gasteiger partial charge in [-0.2, -0.15) is 0 Å². The SMILES string of the molecule is CCOC(=O)C1CCCN(CC(=O)N2CCCCC2C)C1. The van der Waals surface area contributed by atoms with Crippen molar-refractivity contribution in [1.82, 2.24) is 9.80 Å². The maximum atomic E-state index is 12.4. The molecule has 0 aromatic heterocycles. The summed E-state index contributed by atoms with van der Waals surface area (Å²) in [5, 5.41) is 0. The molecule has 2 aliphatic rings. The molecule has 2 fully saturated rings. The maximum absolute atomic E-state index is 12.4. The Morgan fingerprint density at radius 3 is 2.67 bits per heavy atom. The molecule has 2 aliphatic heterocycles. The van der Waals surface area contributed by atoms with Gasteiger partial charge < -0.3 is 9.64 Å². The zero-order valence-electron chi connectivity index (χ0n) is 13.3. The number of ether oxygens (including phenoxy) is 1. The molecule has 1 amide bonds. The number of rotatable bonds is 4. The number of piperidine rings is 2. The molecular weight excluding hydrogens is 268 g/mol. The summed E-state index contributed by atoms with van der Waals surface area (Å²) in [6.45, 7) is 7.29. The molecule has 21 heavy (non-hydrogen) atoms. The number of hydrogen-bond acceptors (Lipinski definition) is 4. The first-order valence-electron chi connectivity index (χ1n) is 8.30. The van der Waals surface area contributed by atoms with Crippen LogP contribution in [0.1, 0.15) is 46.0 Å². The van der Waals surface area contributed by atoms with Crippen LogP contribution >= 0.6 is 0 Å². The number of carbonyl (C=O) groups excluding carboxylic acids is 2. The van der Waals surface area contributed by atoms with E-state index < -0.39 is 0 Å². The molecule has 2 atom stereocenters. The molecule has 120 valence electrons. The third-order valence-corrected chi connectivity index (χ3v) is 4.61. The molecular formula is C16H28N2O3. The number of esters is 1. The molecule has 2 heterocycles. The molecule has 5 nitrogen and oxygen atoms in total. The van der Waals surface area contributed by atoms with Gasteiger partial charge in [0, 0.05) is 19.1 Å². The van der Waals surface area contributed by atoms with Crippen molar-refractivity contribution in [3.8, 4) is 0 Å². The van der Waals surface area contributed by atoms with Crippen LogP contribution in [0.2, 0.25) is 0 Å². The Morgan fingerprint density at radius 1 is 1.14 bits per heavy atom. The van der Waals surface area contributed by atoms with Crippen molar-refractivity contribution in [1.29, 1.82) is 0 Å². The Kier molecular flexibility index (Phi) is 6.03. The Labute approximate surface area is 127 Å². The smallest absolute Gasteiger partial charge is 0.310 e. The Hall–Kier alpha value is -1.10. The molecule has 5 heteroatoms. The molecule has 0 aromatic rings. The van der Waals surface area contributed by atoms with Crippen LogP contribution in [0.4, 0.5) is 0 Å². The molecule has 2 rings (SSSR count). The highest BCUT2D eigenvalue weighted by Crippen LogP contribution is 2.20. The lowest BCUT2D eigenvalue weighted by Crippen LogP contribution is -2.49. The number of nitrogens with zero attached hydrogens (tertiary/aromatic N) is 2. The number of hydrogen-bond donors (Lipinski definition) is 0. The third-order valence-electron chi connectivity index (χ3n) is 4.61. The molecule has 0 saturated carbocycles. The first kappa shape index (κ1) is 16.3. The van der Waals surface area contributed by atoms with Gasteiger partial charge in [-0.1, -0.05) is 0 Å². The highest BCUT2D eigenvalue weighted by Gasteiger charge is 2.30. The van der Waals surface area contributed by atoms with Crippen LogP contribution in [0.5, 0.6) is 0 Å². The van der Waals surface area contributed by atoms with E-state index in [-0.39, 0.29) is 17.8 Å². The van der Waals surface area contributed by atoms with Crippen molar-refractivity contribution in [3.63, 3.8) is 0 Å². The molecule has 0 radical (unpaired) electrons. The molecule has 2 unspecified atom stereocenters. The van der Waals surface area contributed by atoms with E-state index in [1.54, 1.807) is 0 Å². The van der Waals surface area contributed by atoms with Crippen molar-refractivity contribution < 1.29 is 14.3 Å². The summed E-state index contributed by atoms with van der Waals surface area (Å²) >= 11 is 0. The van der Waals surface area contributed by atoms with Gasteiger partial charge in [0.1, 0.15) is 0 Å². The summed E-state index contributed by atoms with van der Waals surface area (Å²) in [5.41, 5.74) is 0. The topological polar surface area (TPSA) is 49.9 Å². The second kappa shape index (κ2) is 7.78. The van der Waals surface area contributed by atoms with Crippen molar-refractivity contribution >= 4 is 11.9 Å². The zero-order chi connectivity index (χ0) is 15.2. The van der Waals surface area contributed by atoms with Crippen LogP contribution in [0.3, 0.4) is 0 Å². The van der Waals surface area contributed by atoms with E-state index in [1.807, 2.05) is 11.8 Å². The minimum absolute atomic E-state index is 0.0646. The fraction of sp³-hybridized carbons (Fsp3) is 0.875. The van der Waals surface area contributed by atoms with Gasteiger partial charge >= 0.3 is 5.97 Å². The van der Waals surface area contributed by atoms with E-state index in [4.69, 9.17) is 4.74 Å². The summed E-state index contributed by atoms with van der Waals surface area (Å²) in [7, 11) is 0. The monoisotopic (exact) mass is 296 g/mol. The van der Waals surface area contributed by atoms with Crippen LogP contribution in [0, 0.1) is 5.92 Å². The van der Waals surface area contributed by atoms with Gasteiger partial charge in [0.2, 0.25) is 5.91 Å². The maximum Gasteiger partial charge on any atom is 0.310 e. The van der Waals surface area contributed by atoms with Crippen LogP contribution < -0.4 is 0 Å².